The van der Waals surface area contributed by atoms with Gasteiger partial charge in [0.1, 0.15) is 28.5 Å². The molecule has 0 saturated carbocycles. The molecule has 0 bridgehead atoms. The summed E-state index contributed by atoms with van der Waals surface area (Å²) in [5.41, 5.74) is 5.60. The van der Waals surface area contributed by atoms with Crippen molar-refractivity contribution in [1.29, 1.82) is 0 Å². The number of furan rings is 1. The van der Waals surface area contributed by atoms with E-state index in [0.29, 0.717) is 23.7 Å². The van der Waals surface area contributed by atoms with Crippen LogP contribution in [-0.2, 0) is 4.74 Å². The highest BCUT2D eigenvalue weighted by molar-refractivity contribution is 7.99. The quantitative estimate of drug-likeness (QED) is 0.238. The van der Waals surface area contributed by atoms with Gasteiger partial charge in [0.25, 0.3) is 0 Å². The SMILES string of the molecule is COc1ccc(NCCCCCOc2cc(OC)cc3oc(-c4cn5c(n4)SC(OC)N5)cc23)cc1. The standard InChI is InChI=1S/C26H30N4O5S/c1-31-18-9-7-17(8-10-18)27-11-5-4-6-12-34-22-13-19(32-2)14-23-20(22)15-24(35-23)21-16-30-25(28-21)36-26(29-30)33-3/h7-10,13-16,26-27,29H,4-6,11-12H2,1-3H3. The van der Waals surface area contributed by atoms with E-state index in [9.17, 15) is 0 Å². The molecule has 190 valence electrons. The van der Waals surface area contributed by atoms with Crippen LogP contribution in [0.4, 0.5) is 5.69 Å². The second kappa shape index (κ2) is 11.0. The number of anilines is 1. The Balaban J connectivity index is 1.17. The Morgan fingerprint density at radius 1 is 1.03 bits per heavy atom. The predicted octanol–water partition coefficient (Wildman–Crippen LogP) is 5.55. The number of imidazole rings is 1. The van der Waals surface area contributed by atoms with Gasteiger partial charge in [-0.15, -0.1) is 0 Å². The van der Waals surface area contributed by atoms with Crippen LogP contribution < -0.4 is 25.0 Å². The number of rotatable bonds is 12. The molecular weight excluding hydrogens is 480 g/mol. The van der Waals surface area contributed by atoms with Gasteiger partial charge < -0.3 is 28.7 Å². The lowest BCUT2D eigenvalue weighted by Crippen LogP contribution is -2.19. The molecule has 0 spiro atoms. The van der Waals surface area contributed by atoms with Crippen molar-refractivity contribution in [2.75, 3.05) is 45.2 Å². The molecule has 9 nitrogen and oxygen atoms in total. The van der Waals surface area contributed by atoms with Crippen LogP contribution in [0.25, 0.3) is 22.4 Å². The maximum Gasteiger partial charge on any atom is 0.196 e. The zero-order valence-electron chi connectivity index (χ0n) is 20.6. The van der Waals surface area contributed by atoms with E-state index in [1.165, 1.54) is 11.8 Å². The third-order valence-electron chi connectivity index (χ3n) is 5.90. The highest BCUT2D eigenvalue weighted by atomic mass is 32.2. The van der Waals surface area contributed by atoms with Crippen LogP contribution in [0.15, 0.2) is 58.2 Å². The molecule has 0 amide bonds. The largest absolute Gasteiger partial charge is 0.497 e. The van der Waals surface area contributed by atoms with E-state index in [-0.39, 0.29) is 5.56 Å². The lowest BCUT2D eigenvalue weighted by atomic mass is 10.2. The molecule has 1 unspecified atom stereocenters. The molecule has 0 fully saturated rings. The van der Waals surface area contributed by atoms with Gasteiger partial charge in [-0.05, 0) is 61.4 Å². The molecule has 2 aromatic heterocycles. The van der Waals surface area contributed by atoms with Gasteiger partial charge in [0.05, 0.1) is 32.4 Å². The van der Waals surface area contributed by atoms with E-state index in [4.69, 9.17) is 23.4 Å². The van der Waals surface area contributed by atoms with Gasteiger partial charge in [0.15, 0.2) is 16.5 Å². The molecule has 10 heteroatoms. The molecule has 1 aliphatic heterocycles. The molecule has 3 heterocycles. The van der Waals surface area contributed by atoms with Crippen LogP contribution in [0.5, 0.6) is 17.2 Å². The highest BCUT2D eigenvalue weighted by Crippen LogP contribution is 2.38. The number of hydrogen-bond acceptors (Lipinski definition) is 9. The molecule has 0 saturated heterocycles. The summed E-state index contributed by atoms with van der Waals surface area (Å²) in [6.45, 7) is 1.52. The summed E-state index contributed by atoms with van der Waals surface area (Å²) in [4.78, 5) is 4.67. The van der Waals surface area contributed by atoms with Crippen molar-refractivity contribution in [3.05, 3.63) is 48.7 Å². The van der Waals surface area contributed by atoms with Gasteiger partial charge in [-0.25, -0.2) is 9.66 Å². The minimum Gasteiger partial charge on any atom is -0.497 e. The maximum atomic E-state index is 6.16. The fourth-order valence-electron chi connectivity index (χ4n) is 3.97. The Morgan fingerprint density at radius 2 is 1.86 bits per heavy atom. The molecule has 2 aromatic carbocycles. The number of benzene rings is 2. The Kier molecular flexibility index (Phi) is 7.43. The molecule has 2 N–H and O–H groups in total. The molecular formula is C26H30N4O5S. The van der Waals surface area contributed by atoms with Crippen LogP contribution in [0.2, 0.25) is 0 Å². The maximum absolute atomic E-state index is 6.16. The molecule has 1 aliphatic rings. The summed E-state index contributed by atoms with van der Waals surface area (Å²) >= 11 is 1.51. The zero-order chi connectivity index (χ0) is 24.9. The molecule has 4 aromatic rings. The molecule has 5 rings (SSSR count). The van der Waals surface area contributed by atoms with E-state index in [1.807, 2.05) is 53.3 Å². The minimum absolute atomic E-state index is 0.139. The van der Waals surface area contributed by atoms with E-state index in [2.05, 4.69) is 15.7 Å². The second-order valence-corrected chi connectivity index (χ2v) is 9.33. The number of fused-ring (bicyclic) bond motifs is 2. The highest BCUT2D eigenvalue weighted by Gasteiger charge is 2.25. The summed E-state index contributed by atoms with van der Waals surface area (Å²) in [6, 6.07) is 13.7. The molecule has 0 radical (unpaired) electrons. The van der Waals surface area contributed by atoms with Crippen molar-refractivity contribution in [1.82, 2.24) is 9.66 Å². The second-order valence-electron chi connectivity index (χ2n) is 8.31. The van der Waals surface area contributed by atoms with Crippen LogP contribution >= 0.6 is 11.8 Å². The first-order valence-corrected chi connectivity index (χ1v) is 12.7. The zero-order valence-corrected chi connectivity index (χ0v) is 21.4. The van der Waals surface area contributed by atoms with Crippen molar-refractivity contribution in [2.45, 2.75) is 30.0 Å². The van der Waals surface area contributed by atoms with Gasteiger partial charge in [0, 0.05) is 31.5 Å². The van der Waals surface area contributed by atoms with Gasteiger partial charge in [-0.1, -0.05) is 0 Å². The number of thioether (sulfide) groups is 1. The van der Waals surface area contributed by atoms with Gasteiger partial charge in [-0.2, -0.15) is 0 Å². The number of unbranched alkanes of at least 4 members (excludes halogenated alkanes) is 2. The molecule has 36 heavy (non-hydrogen) atoms. The van der Waals surface area contributed by atoms with E-state index in [0.717, 1.165) is 59.2 Å². The number of nitrogens with zero attached hydrogens (tertiary/aromatic N) is 2. The number of ether oxygens (including phenoxy) is 4. The lowest BCUT2D eigenvalue weighted by Gasteiger charge is -2.10. The topological polar surface area (TPSA) is 91.9 Å². The third-order valence-corrected chi connectivity index (χ3v) is 6.91. The fraction of sp³-hybridized carbons (Fsp3) is 0.346. The van der Waals surface area contributed by atoms with Crippen LogP contribution in [0.3, 0.4) is 0 Å². The Labute approximate surface area is 214 Å². The average molecular weight is 511 g/mol. The third kappa shape index (κ3) is 5.34. The number of nitrogens with one attached hydrogen (secondary N) is 2. The minimum atomic E-state index is -0.139. The van der Waals surface area contributed by atoms with Crippen molar-refractivity contribution in [3.8, 4) is 28.7 Å². The van der Waals surface area contributed by atoms with Crippen LogP contribution in [0, 0.1) is 0 Å². The monoisotopic (exact) mass is 510 g/mol. The van der Waals surface area contributed by atoms with Crippen molar-refractivity contribution in [3.63, 3.8) is 0 Å². The van der Waals surface area contributed by atoms with Crippen molar-refractivity contribution >= 4 is 28.4 Å². The summed E-state index contributed by atoms with van der Waals surface area (Å²) in [6.07, 6.45) is 4.96. The average Bonchev–Trinajstić information content (AvgIpc) is 3.61. The van der Waals surface area contributed by atoms with Crippen LogP contribution in [0.1, 0.15) is 19.3 Å². The summed E-state index contributed by atoms with van der Waals surface area (Å²) in [7, 11) is 4.97. The first-order valence-electron chi connectivity index (χ1n) is 11.8. The predicted molar refractivity (Wildman–Crippen MR) is 141 cm³/mol. The van der Waals surface area contributed by atoms with Crippen LogP contribution in [-0.4, -0.2) is 49.7 Å². The van der Waals surface area contributed by atoms with E-state index in [1.54, 1.807) is 21.3 Å². The Morgan fingerprint density at radius 3 is 2.61 bits per heavy atom. The molecule has 0 aliphatic carbocycles. The number of methoxy groups -OCH3 is 3. The van der Waals surface area contributed by atoms with Gasteiger partial charge >= 0.3 is 0 Å². The summed E-state index contributed by atoms with van der Waals surface area (Å²) < 4.78 is 30.1. The Hall–Kier alpha value is -3.50. The van der Waals surface area contributed by atoms with Gasteiger partial charge in [-0.3, -0.25) is 5.43 Å². The molecule has 1 atom stereocenters. The number of hydrogen-bond donors (Lipinski definition) is 2. The number of aromatic nitrogens is 2. The summed E-state index contributed by atoms with van der Waals surface area (Å²) in [5.74, 6) is 2.97. The Bertz CT molecular complexity index is 1280. The van der Waals surface area contributed by atoms with Crippen molar-refractivity contribution in [2.24, 2.45) is 0 Å². The fourth-order valence-corrected chi connectivity index (χ4v) is 4.79. The van der Waals surface area contributed by atoms with E-state index >= 15 is 0 Å². The lowest BCUT2D eigenvalue weighted by molar-refractivity contribution is 0.187. The van der Waals surface area contributed by atoms with E-state index < -0.39 is 0 Å². The smallest absolute Gasteiger partial charge is 0.196 e. The first-order chi connectivity index (χ1) is 17.7. The van der Waals surface area contributed by atoms with Crippen molar-refractivity contribution < 1.29 is 23.4 Å². The summed E-state index contributed by atoms with van der Waals surface area (Å²) in [5, 5.41) is 5.16. The van der Waals surface area contributed by atoms with Gasteiger partial charge in [0.2, 0.25) is 0 Å². The normalized spacial score (nSPS) is 14.5. The first kappa shape index (κ1) is 24.2.